The fourth-order valence-corrected chi connectivity index (χ4v) is 2.32. The molecule has 1 aliphatic heterocycles. The van der Waals surface area contributed by atoms with Crippen LogP contribution >= 0.6 is 15.9 Å². The first-order valence-corrected chi connectivity index (χ1v) is 6.11. The molecule has 0 aliphatic carbocycles. The number of carbonyl (C=O) groups is 1. The first kappa shape index (κ1) is 12.3. The number of nitrogens with two attached hydrogens (primary N) is 1. The number of hydrogen-bond acceptors (Lipinski definition) is 3. The molecule has 0 atom stereocenters. The van der Waals surface area contributed by atoms with Crippen LogP contribution in [0.25, 0.3) is 0 Å². The lowest BCUT2D eigenvalue weighted by Crippen LogP contribution is -2.48. The van der Waals surface area contributed by atoms with Crippen molar-refractivity contribution in [2.75, 3.05) is 24.5 Å². The van der Waals surface area contributed by atoms with Gasteiger partial charge in [0.1, 0.15) is 0 Å². The number of hydrogen-bond donors (Lipinski definition) is 2. The minimum atomic E-state index is -0.359. The molecule has 1 aromatic carbocycles. The van der Waals surface area contributed by atoms with Crippen LogP contribution in [-0.2, 0) is 11.3 Å². The molecule has 2 rings (SSSR count). The summed E-state index contributed by atoms with van der Waals surface area (Å²) < 4.78 is 14.5. The topological polar surface area (TPSA) is 58.4 Å². The van der Waals surface area contributed by atoms with Gasteiger partial charge in [-0.1, -0.05) is 6.07 Å². The Hall–Kier alpha value is -1.14. The third kappa shape index (κ3) is 2.42. The van der Waals surface area contributed by atoms with Gasteiger partial charge in [-0.05, 0) is 27.6 Å². The molecule has 1 amide bonds. The molecular formula is C11H13BrFN3O. The molecule has 1 aliphatic rings. The summed E-state index contributed by atoms with van der Waals surface area (Å²) in [5.74, 6) is -0.447. The van der Waals surface area contributed by atoms with Crippen LogP contribution < -0.4 is 16.0 Å². The fraction of sp³-hybridized carbons (Fsp3) is 0.364. The monoisotopic (exact) mass is 301 g/mol. The van der Waals surface area contributed by atoms with E-state index < -0.39 is 0 Å². The van der Waals surface area contributed by atoms with E-state index in [-0.39, 0.29) is 24.8 Å². The molecule has 0 aromatic heterocycles. The molecule has 1 saturated heterocycles. The zero-order chi connectivity index (χ0) is 12.4. The van der Waals surface area contributed by atoms with E-state index in [0.717, 1.165) is 0 Å². The minimum absolute atomic E-state index is 0.0883. The van der Waals surface area contributed by atoms with Crippen molar-refractivity contribution in [3.8, 4) is 0 Å². The summed E-state index contributed by atoms with van der Waals surface area (Å²) in [5.41, 5.74) is 6.65. The van der Waals surface area contributed by atoms with E-state index in [9.17, 15) is 9.18 Å². The van der Waals surface area contributed by atoms with Crippen LogP contribution in [0.5, 0.6) is 0 Å². The highest BCUT2D eigenvalue weighted by atomic mass is 79.9. The van der Waals surface area contributed by atoms with Crippen LogP contribution in [0.3, 0.4) is 0 Å². The molecule has 4 nitrogen and oxygen atoms in total. The SMILES string of the molecule is NCc1ccc(N2CCNC(=O)C2)c(F)c1Br. The van der Waals surface area contributed by atoms with Gasteiger partial charge >= 0.3 is 0 Å². The predicted molar refractivity (Wildman–Crippen MR) is 67.2 cm³/mol. The number of halogens is 2. The molecule has 6 heteroatoms. The molecule has 3 N–H and O–H groups in total. The number of benzene rings is 1. The quantitative estimate of drug-likeness (QED) is 0.856. The number of carbonyl (C=O) groups excluding carboxylic acids is 1. The molecule has 17 heavy (non-hydrogen) atoms. The Morgan fingerprint density at radius 3 is 2.94 bits per heavy atom. The van der Waals surface area contributed by atoms with Gasteiger partial charge in [-0.15, -0.1) is 0 Å². The summed E-state index contributed by atoms with van der Waals surface area (Å²) in [6.45, 7) is 1.61. The number of rotatable bonds is 2. The maximum absolute atomic E-state index is 14.1. The Kier molecular flexibility index (Phi) is 3.63. The van der Waals surface area contributed by atoms with Crippen molar-refractivity contribution in [2.45, 2.75) is 6.54 Å². The van der Waals surface area contributed by atoms with E-state index in [1.54, 1.807) is 17.0 Å². The Morgan fingerprint density at radius 2 is 2.29 bits per heavy atom. The van der Waals surface area contributed by atoms with Crippen LogP contribution in [-0.4, -0.2) is 25.5 Å². The van der Waals surface area contributed by atoms with Crippen molar-refractivity contribution < 1.29 is 9.18 Å². The Balaban J connectivity index is 2.32. The number of piperazine rings is 1. The first-order chi connectivity index (χ1) is 8.13. The zero-order valence-corrected chi connectivity index (χ0v) is 10.8. The van der Waals surface area contributed by atoms with Gasteiger partial charge in [-0.25, -0.2) is 4.39 Å². The average Bonchev–Trinajstić information content (AvgIpc) is 2.32. The Labute approximate surface area is 107 Å². The van der Waals surface area contributed by atoms with Crippen molar-refractivity contribution in [1.82, 2.24) is 5.32 Å². The van der Waals surface area contributed by atoms with Gasteiger partial charge in [0.25, 0.3) is 0 Å². The Bertz CT molecular complexity index is 453. The predicted octanol–water partition coefficient (Wildman–Crippen LogP) is 0.983. The maximum Gasteiger partial charge on any atom is 0.239 e. The molecule has 1 aromatic rings. The van der Waals surface area contributed by atoms with E-state index in [0.29, 0.717) is 28.8 Å². The molecule has 0 bridgehead atoms. The van der Waals surface area contributed by atoms with Crippen LogP contribution in [0, 0.1) is 5.82 Å². The van der Waals surface area contributed by atoms with Gasteiger partial charge in [-0.2, -0.15) is 0 Å². The van der Waals surface area contributed by atoms with E-state index in [1.807, 2.05) is 0 Å². The zero-order valence-electron chi connectivity index (χ0n) is 9.17. The minimum Gasteiger partial charge on any atom is -0.358 e. The highest BCUT2D eigenvalue weighted by molar-refractivity contribution is 9.10. The van der Waals surface area contributed by atoms with Crippen molar-refractivity contribution in [2.24, 2.45) is 5.73 Å². The second kappa shape index (κ2) is 5.01. The number of anilines is 1. The van der Waals surface area contributed by atoms with Crippen molar-refractivity contribution in [1.29, 1.82) is 0 Å². The molecule has 0 radical (unpaired) electrons. The average molecular weight is 302 g/mol. The number of nitrogens with zero attached hydrogens (tertiary/aromatic N) is 1. The maximum atomic E-state index is 14.1. The van der Waals surface area contributed by atoms with Gasteiger partial charge < -0.3 is 16.0 Å². The second-order valence-corrected chi connectivity index (χ2v) is 4.64. The summed E-state index contributed by atoms with van der Waals surface area (Å²) in [6, 6.07) is 3.44. The number of nitrogens with one attached hydrogen (secondary N) is 1. The van der Waals surface area contributed by atoms with E-state index in [2.05, 4.69) is 21.2 Å². The van der Waals surface area contributed by atoms with Crippen LogP contribution in [0.2, 0.25) is 0 Å². The molecule has 0 spiro atoms. The van der Waals surface area contributed by atoms with Crippen LogP contribution in [0.4, 0.5) is 10.1 Å². The third-order valence-electron chi connectivity index (χ3n) is 2.74. The van der Waals surface area contributed by atoms with Gasteiger partial charge in [0.2, 0.25) is 5.91 Å². The van der Waals surface area contributed by atoms with Crippen molar-refractivity contribution >= 4 is 27.5 Å². The van der Waals surface area contributed by atoms with Gasteiger partial charge in [0.15, 0.2) is 5.82 Å². The van der Waals surface area contributed by atoms with Gasteiger partial charge in [-0.3, -0.25) is 4.79 Å². The summed E-state index contributed by atoms with van der Waals surface area (Å²) in [7, 11) is 0. The molecular weight excluding hydrogens is 289 g/mol. The molecule has 1 fully saturated rings. The second-order valence-electron chi connectivity index (χ2n) is 3.85. The first-order valence-electron chi connectivity index (χ1n) is 5.32. The summed E-state index contributed by atoms with van der Waals surface area (Å²) in [6.07, 6.45) is 0. The number of amides is 1. The van der Waals surface area contributed by atoms with E-state index >= 15 is 0 Å². The lowest BCUT2D eigenvalue weighted by Gasteiger charge is -2.29. The van der Waals surface area contributed by atoms with Crippen LogP contribution in [0.1, 0.15) is 5.56 Å². The summed E-state index contributed by atoms with van der Waals surface area (Å²) in [5, 5.41) is 2.70. The summed E-state index contributed by atoms with van der Waals surface area (Å²) >= 11 is 3.19. The summed E-state index contributed by atoms with van der Waals surface area (Å²) in [4.78, 5) is 13.0. The lowest BCUT2D eigenvalue weighted by atomic mass is 10.1. The van der Waals surface area contributed by atoms with E-state index in [4.69, 9.17) is 5.73 Å². The standard InChI is InChI=1S/C11H13BrFN3O/c12-10-7(5-14)1-2-8(11(10)13)16-4-3-15-9(17)6-16/h1-2H,3-6,14H2,(H,15,17). The molecule has 1 heterocycles. The molecule has 0 saturated carbocycles. The third-order valence-corrected chi connectivity index (χ3v) is 3.60. The Morgan fingerprint density at radius 1 is 1.53 bits per heavy atom. The van der Waals surface area contributed by atoms with Gasteiger partial charge in [0.05, 0.1) is 16.7 Å². The van der Waals surface area contributed by atoms with Crippen molar-refractivity contribution in [3.05, 3.63) is 28.0 Å². The molecule has 0 unspecified atom stereocenters. The molecule has 92 valence electrons. The van der Waals surface area contributed by atoms with E-state index in [1.165, 1.54) is 0 Å². The fourth-order valence-electron chi connectivity index (χ4n) is 1.83. The highest BCUT2D eigenvalue weighted by Crippen LogP contribution is 2.29. The van der Waals surface area contributed by atoms with Crippen molar-refractivity contribution in [3.63, 3.8) is 0 Å². The van der Waals surface area contributed by atoms with Gasteiger partial charge in [0, 0.05) is 19.6 Å². The highest BCUT2D eigenvalue weighted by Gasteiger charge is 2.21. The largest absolute Gasteiger partial charge is 0.358 e. The van der Waals surface area contributed by atoms with Crippen LogP contribution in [0.15, 0.2) is 16.6 Å². The lowest BCUT2D eigenvalue weighted by molar-refractivity contribution is -0.120. The normalized spacial score (nSPS) is 15.9. The smallest absolute Gasteiger partial charge is 0.239 e.